The Bertz CT molecular complexity index is 1440. The zero-order chi connectivity index (χ0) is 28.2. The maximum atomic E-state index is 15.3. The van der Waals surface area contributed by atoms with Crippen LogP contribution in [0, 0.1) is 5.82 Å². The van der Waals surface area contributed by atoms with Crippen molar-refractivity contribution < 1.29 is 23.4 Å². The van der Waals surface area contributed by atoms with Gasteiger partial charge in [0.1, 0.15) is 23.8 Å². The molecule has 2 fully saturated rings. The van der Waals surface area contributed by atoms with Crippen LogP contribution in [0.25, 0.3) is 22.3 Å². The quantitative estimate of drug-likeness (QED) is 0.416. The van der Waals surface area contributed by atoms with Crippen LogP contribution >= 0.6 is 0 Å². The molecule has 3 aliphatic rings. The lowest BCUT2D eigenvalue weighted by Gasteiger charge is -2.42. The topological polar surface area (TPSA) is 89.9 Å². The Balaban J connectivity index is 1.21. The average Bonchev–Trinajstić information content (AvgIpc) is 3.20. The van der Waals surface area contributed by atoms with Crippen LogP contribution in [-0.4, -0.2) is 64.1 Å². The number of pyridine rings is 1. The first-order valence-corrected chi connectivity index (χ1v) is 13.7. The number of carbonyl (C=O) groups excluding carboxylic acids is 1. The number of amides is 1. The third-order valence-corrected chi connectivity index (χ3v) is 8.07. The lowest BCUT2D eigenvalue weighted by molar-refractivity contribution is 0.00597. The van der Waals surface area contributed by atoms with Gasteiger partial charge in [-0.1, -0.05) is 0 Å². The number of fused-ring (bicyclic) bond motifs is 5. The van der Waals surface area contributed by atoms with Gasteiger partial charge >= 0.3 is 6.09 Å². The second-order valence-corrected chi connectivity index (χ2v) is 11.8. The first kappa shape index (κ1) is 26.3. The number of aromatic nitrogens is 3. The molecular formula is C30H34FN5O4. The van der Waals surface area contributed by atoms with E-state index in [0.717, 1.165) is 48.2 Å². The van der Waals surface area contributed by atoms with E-state index in [1.807, 2.05) is 44.9 Å². The SMILES string of the molecule is COc1cc(-c2cc3c(cc2F)-c2ccc(N(C)C4CC5CC[C@H](C4)N5C(=O)OC(C)(C)C)nc2OC3)cnn1. The molecule has 10 heteroatoms. The van der Waals surface area contributed by atoms with Crippen molar-refractivity contribution in [2.24, 2.45) is 0 Å². The molecule has 9 nitrogen and oxygen atoms in total. The van der Waals surface area contributed by atoms with Crippen LogP contribution in [0.4, 0.5) is 15.0 Å². The molecule has 0 aliphatic carbocycles. The van der Waals surface area contributed by atoms with Crippen molar-refractivity contribution in [3.8, 4) is 34.0 Å². The van der Waals surface area contributed by atoms with E-state index >= 15 is 4.39 Å². The Morgan fingerprint density at radius 2 is 1.85 bits per heavy atom. The van der Waals surface area contributed by atoms with Gasteiger partial charge in [-0.15, -0.1) is 5.10 Å². The monoisotopic (exact) mass is 547 g/mol. The molecule has 0 spiro atoms. The number of halogens is 1. The van der Waals surface area contributed by atoms with Crippen molar-refractivity contribution in [2.45, 2.75) is 76.8 Å². The van der Waals surface area contributed by atoms with Gasteiger partial charge in [0.25, 0.3) is 0 Å². The normalized spacial score (nSPS) is 21.2. The van der Waals surface area contributed by atoms with Crippen LogP contribution in [-0.2, 0) is 11.3 Å². The molecular weight excluding hydrogens is 513 g/mol. The fraction of sp³-hybridized carbons (Fsp3) is 0.467. The lowest BCUT2D eigenvalue weighted by Crippen LogP contribution is -2.53. The molecule has 6 rings (SSSR count). The summed E-state index contributed by atoms with van der Waals surface area (Å²) in [6.45, 7) is 5.99. The first-order valence-electron chi connectivity index (χ1n) is 13.7. The average molecular weight is 548 g/mol. The Hall–Kier alpha value is -3.95. The summed E-state index contributed by atoms with van der Waals surface area (Å²) in [5.74, 6) is 1.24. The number of benzene rings is 1. The second kappa shape index (κ2) is 9.91. The number of nitrogens with zero attached hydrogens (tertiary/aromatic N) is 5. The highest BCUT2D eigenvalue weighted by atomic mass is 19.1. The molecule has 0 N–H and O–H groups in total. The number of methoxy groups -OCH3 is 1. The molecule has 5 heterocycles. The van der Waals surface area contributed by atoms with Crippen molar-refractivity contribution in [2.75, 3.05) is 19.1 Å². The van der Waals surface area contributed by atoms with E-state index in [0.29, 0.717) is 22.9 Å². The van der Waals surface area contributed by atoms with E-state index in [4.69, 9.17) is 19.2 Å². The fourth-order valence-electron chi connectivity index (χ4n) is 6.16. The smallest absolute Gasteiger partial charge is 0.410 e. The molecule has 1 aromatic carbocycles. The van der Waals surface area contributed by atoms with Gasteiger partial charge in [0.2, 0.25) is 11.8 Å². The second-order valence-electron chi connectivity index (χ2n) is 11.8. The maximum Gasteiger partial charge on any atom is 0.410 e. The van der Waals surface area contributed by atoms with E-state index in [-0.39, 0.29) is 36.6 Å². The number of hydrogen-bond acceptors (Lipinski definition) is 8. The molecule has 3 aromatic rings. The third-order valence-electron chi connectivity index (χ3n) is 8.07. The molecule has 2 unspecified atom stereocenters. The predicted molar refractivity (Wildman–Crippen MR) is 148 cm³/mol. The Kier molecular flexibility index (Phi) is 6.51. The van der Waals surface area contributed by atoms with E-state index in [2.05, 4.69) is 15.1 Å². The van der Waals surface area contributed by atoms with Gasteiger partial charge in [0.05, 0.1) is 13.3 Å². The number of ether oxygens (including phenoxy) is 3. The lowest BCUT2D eigenvalue weighted by atomic mass is 9.94. The largest absolute Gasteiger partial charge is 0.480 e. The minimum Gasteiger partial charge on any atom is -0.480 e. The van der Waals surface area contributed by atoms with Gasteiger partial charge in [-0.05, 0) is 81.8 Å². The van der Waals surface area contributed by atoms with Gasteiger partial charge in [-0.3, -0.25) is 0 Å². The number of anilines is 1. The summed E-state index contributed by atoms with van der Waals surface area (Å²) in [5.41, 5.74) is 2.88. The Labute approximate surface area is 233 Å². The van der Waals surface area contributed by atoms with Crippen LogP contribution in [0.1, 0.15) is 52.0 Å². The van der Waals surface area contributed by atoms with E-state index in [1.165, 1.54) is 19.4 Å². The molecule has 40 heavy (non-hydrogen) atoms. The maximum absolute atomic E-state index is 15.3. The summed E-state index contributed by atoms with van der Waals surface area (Å²) < 4.78 is 32.2. The van der Waals surface area contributed by atoms with Crippen LogP contribution in [0.3, 0.4) is 0 Å². The van der Waals surface area contributed by atoms with Gasteiger partial charge in [0.15, 0.2) is 0 Å². The summed E-state index contributed by atoms with van der Waals surface area (Å²) in [6.07, 6.45) is 4.99. The van der Waals surface area contributed by atoms with E-state index < -0.39 is 5.60 Å². The van der Waals surface area contributed by atoms with Crippen LogP contribution < -0.4 is 14.4 Å². The Morgan fingerprint density at radius 3 is 2.55 bits per heavy atom. The molecule has 2 bridgehead atoms. The zero-order valence-electron chi connectivity index (χ0n) is 23.5. The summed E-state index contributed by atoms with van der Waals surface area (Å²) in [6, 6.07) is 9.46. The van der Waals surface area contributed by atoms with Crippen LogP contribution in [0.5, 0.6) is 11.8 Å². The minimum atomic E-state index is -0.510. The van der Waals surface area contributed by atoms with E-state index in [1.54, 1.807) is 12.1 Å². The molecule has 3 aliphatic heterocycles. The standard InChI is InChI=1S/C30H34FN5O4/c1-30(2,3)40-29(37)36-19-6-7-20(36)13-21(12-19)35(4)26-9-8-22-23-14-25(31)24(10-18(23)16-39-28(22)33-26)17-11-27(38-5)34-32-15-17/h8-11,14-15,19-21H,6-7,12-13,16H2,1-5H3/t19-,20?,21?/m1/s1. The molecule has 1 amide bonds. The predicted octanol–water partition coefficient (Wildman–Crippen LogP) is 5.61. The minimum absolute atomic E-state index is 0.162. The highest BCUT2D eigenvalue weighted by molar-refractivity contribution is 5.78. The molecule has 2 aromatic heterocycles. The number of piperidine rings is 1. The summed E-state index contributed by atoms with van der Waals surface area (Å²) in [4.78, 5) is 21.8. The van der Waals surface area contributed by atoms with Gasteiger partial charge in [-0.2, -0.15) is 10.1 Å². The van der Waals surface area contributed by atoms with Crippen LogP contribution in [0.15, 0.2) is 36.5 Å². The summed E-state index contributed by atoms with van der Waals surface area (Å²) in [7, 11) is 3.54. The Morgan fingerprint density at radius 1 is 1.10 bits per heavy atom. The van der Waals surface area contributed by atoms with E-state index in [9.17, 15) is 4.79 Å². The number of rotatable bonds is 4. The number of carbonyl (C=O) groups is 1. The third kappa shape index (κ3) is 4.80. The molecule has 0 radical (unpaired) electrons. The van der Waals surface area contributed by atoms with Crippen molar-refractivity contribution in [1.29, 1.82) is 0 Å². The van der Waals surface area contributed by atoms with Gasteiger partial charge in [0, 0.05) is 47.9 Å². The van der Waals surface area contributed by atoms with Crippen molar-refractivity contribution >= 4 is 11.9 Å². The molecule has 2 saturated heterocycles. The molecule has 0 saturated carbocycles. The first-order chi connectivity index (χ1) is 19.1. The molecule has 3 atom stereocenters. The summed E-state index contributed by atoms with van der Waals surface area (Å²) in [5, 5.41) is 7.78. The van der Waals surface area contributed by atoms with Crippen molar-refractivity contribution in [3.05, 3.63) is 47.9 Å². The van der Waals surface area contributed by atoms with Crippen molar-refractivity contribution in [3.63, 3.8) is 0 Å². The zero-order valence-corrected chi connectivity index (χ0v) is 23.5. The number of hydrogen-bond donors (Lipinski definition) is 0. The summed E-state index contributed by atoms with van der Waals surface area (Å²) >= 11 is 0. The van der Waals surface area contributed by atoms with Crippen molar-refractivity contribution in [1.82, 2.24) is 20.1 Å². The fourth-order valence-corrected chi connectivity index (χ4v) is 6.16. The van der Waals surface area contributed by atoms with Gasteiger partial charge in [-0.25, -0.2) is 9.18 Å². The highest BCUT2D eigenvalue weighted by Crippen LogP contribution is 2.42. The van der Waals surface area contributed by atoms with Crippen LogP contribution in [0.2, 0.25) is 0 Å². The highest BCUT2D eigenvalue weighted by Gasteiger charge is 2.46. The van der Waals surface area contributed by atoms with Gasteiger partial charge < -0.3 is 24.0 Å². The molecule has 210 valence electrons.